The number of hydrogen-bond acceptors (Lipinski definition) is 7. The van der Waals surface area contributed by atoms with Crippen molar-refractivity contribution in [3.05, 3.63) is 66.8 Å². The summed E-state index contributed by atoms with van der Waals surface area (Å²) >= 11 is 1.38. The number of halogens is 1. The zero-order valence-electron chi connectivity index (χ0n) is 17.6. The first-order valence-corrected chi connectivity index (χ1v) is 10.4. The molecule has 1 aromatic heterocycles. The summed E-state index contributed by atoms with van der Waals surface area (Å²) in [5, 5.41) is 0. The van der Waals surface area contributed by atoms with E-state index in [-0.39, 0.29) is 24.7 Å². The summed E-state index contributed by atoms with van der Waals surface area (Å²) in [5.41, 5.74) is 6.62. The first-order valence-electron chi connectivity index (χ1n) is 9.60. The predicted molar refractivity (Wildman–Crippen MR) is 123 cm³/mol. The summed E-state index contributed by atoms with van der Waals surface area (Å²) in [5.74, 6) is 0.140. The van der Waals surface area contributed by atoms with E-state index in [0.29, 0.717) is 19.6 Å². The third kappa shape index (κ3) is 7.40. The van der Waals surface area contributed by atoms with Crippen molar-refractivity contribution in [2.24, 2.45) is 5.73 Å². The number of imidazole rings is 1. The molecule has 3 rings (SSSR count). The second-order valence-corrected chi connectivity index (χ2v) is 7.18. The average molecular weight is 461 g/mol. The third-order valence-electron chi connectivity index (χ3n) is 4.15. The van der Waals surface area contributed by atoms with Crippen LogP contribution in [0.1, 0.15) is 5.82 Å². The molecule has 0 aliphatic rings. The van der Waals surface area contributed by atoms with Gasteiger partial charge in [-0.05, 0) is 54.4 Å². The standard InChI is InChI=1S/C21H22FN3O3S.CH3NO/c1-3-11-28-12-10-20-23-18-13-16(24-29-17-7-4-15(22)5-8-17)6-9-19(18)25(20)14-21(26)27-2;2-1-3/h3-9,13,24H,1,10-12,14H2,2H3;1H,(H2,2,3). The van der Waals surface area contributed by atoms with Crippen molar-refractivity contribution < 1.29 is 23.5 Å². The minimum Gasteiger partial charge on any atom is -0.468 e. The molecule has 0 aliphatic carbocycles. The Morgan fingerprint density at radius 3 is 2.69 bits per heavy atom. The number of nitrogens with one attached hydrogen (secondary N) is 1. The number of primary amides is 1. The van der Waals surface area contributed by atoms with E-state index in [9.17, 15) is 9.18 Å². The first-order chi connectivity index (χ1) is 15.5. The Balaban J connectivity index is 0.00000114. The molecule has 0 saturated heterocycles. The van der Waals surface area contributed by atoms with Gasteiger partial charge in [-0.15, -0.1) is 6.58 Å². The number of fused-ring (bicyclic) bond motifs is 1. The van der Waals surface area contributed by atoms with Crippen LogP contribution >= 0.6 is 11.9 Å². The summed E-state index contributed by atoms with van der Waals surface area (Å²) in [6, 6.07) is 12.0. The molecular formula is C22H25FN4O4S. The van der Waals surface area contributed by atoms with E-state index in [1.807, 2.05) is 22.8 Å². The Labute approximate surface area is 189 Å². The molecule has 0 atom stereocenters. The van der Waals surface area contributed by atoms with Gasteiger partial charge in [0.2, 0.25) is 6.41 Å². The molecule has 3 aromatic rings. The van der Waals surface area contributed by atoms with Crippen molar-refractivity contribution in [2.75, 3.05) is 25.0 Å². The molecule has 2 aromatic carbocycles. The number of carbonyl (C=O) groups is 2. The fourth-order valence-electron chi connectivity index (χ4n) is 2.75. The summed E-state index contributed by atoms with van der Waals surface area (Å²) in [7, 11) is 1.36. The third-order valence-corrected chi connectivity index (χ3v) is 4.99. The lowest BCUT2D eigenvalue weighted by atomic mass is 10.3. The van der Waals surface area contributed by atoms with Gasteiger partial charge in [0.25, 0.3) is 0 Å². The van der Waals surface area contributed by atoms with Gasteiger partial charge in [0.05, 0.1) is 31.4 Å². The van der Waals surface area contributed by atoms with Gasteiger partial charge in [0.15, 0.2) is 0 Å². The molecule has 0 aliphatic heterocycles. The molecule has 170 valence electrons. The molecule has 0 spiro atoms. The zero-order valence-corrected chi connectivity index (χ0v) is 18.4. The summed E-state index contributed by atoms with van der Waals surface area (Å²) in [6.07, 6.45) is 2.50. The van der Waals surface area contributed by atoms with E-state index in [0.717, 1.165) is 27.4 Å². The maximum absolute atomic E-state index is 13.0. The zero-order chi connectivity index (χ0) is 23.3. The number of nitrogens with zero attached hydrogens (tertiary/aromatic N) is 2. The molecular weight excluding hydrogens is 435 g/mol. The molecule has 8 nitrogen and oxygen atoms in total. The highest BCUT2D eigenvalue weighted by Crippen LogP contribution is 2.25. The van der Waals surface area contributed by atoms with Crippen LogP contribution in [0.4, 0.5) is 10.1 Å². The Kier molecular flexibility index (Phi) is 10.2. The van der Waals surface area contributed by atoms with Crippen LogP contribution in [-0.4, -0.2) is 42.3 Å². The molecule has 0 bridgehead atoms. The Hall–Kier alpha value is -3.37. The minimum atomic E-state index is -0.341. The van der Waals surface area contributed by atoms with Crippen molar-refractivity contribution in [1.29, 1.82) is 0 Å². The van der Waals surface area contributed by atoms with Crippen LogP contribution in [-0.2, 0) is 32.0 Å². The van der Waals surface area contributed by atoms with Crippen LogP contribution in [0.5, 0.6) is 0 Å². The topological polar surface area (TPSA) is 108 Å². The van der Waals surface area contributed by atoms with E-state index in [1.165, 1.54) is 31.2 Å². The maximum atomic E-state index is 13.0. The van der Waals surface area contributed by atoms with Crippen LogP contribution in [0.25, 0.3) is 11.0 Å². The lowest BCUT2D eigenvalue weighted by Crippen LogP contribution is -2.15. The van der Waals surface area contributed by atoms with Gasteiger partial charge in [-0.3, -0.25) is 9.59 Å². The van der Waals surface area contributed by atoms with Crippen LogP contribution in [0.15, 0.2) is 60.0 Å². The quantitative estimate of drug-likeness (QED) is 0.157. The molecule has 32 heavy (non-hydrogen) atoms. The number of esters is 1. The number of carbonyl (C=O) groups excluding carboxylic acids is 2. The summed E-state index contributed by atoms with van der Waals surface area (Å²) in [6.45, 7) is 4.65. The van der Waals surface area contributed by atoms with Gasteiger partial charge in [-0.2, -0.15) is 0 Å². The monoisotopic (exact) mass is 460 g/mol. The Bertz CT molecular complexity index is 1040. The molecule has 1 heterocycles. The second-order valence-electron chi connectivity index (χ2n) is 6.30. The van der Waals surface area contributed by atoms with Crippen LogP contribution < -0.4 is 10.5 Å². The van der Waals surface area contributed by atoms with E-state index >= 15 is 0 Å². The van der Waals surface area contributed by atoms with Crippen LogP contribution in [0.2, 0.25) is 0 Å². The molecule has 1 amide bonds. The van der Waals surface area contributed by atoms with E-state index in [1.54, 1.807) is 18.2 Å². The fourth-order valence-corrected chi connectivity index (χ4v) is 3.39. The summed E-state index contributed by atoms with van der Waals surface area (Å²) in [4.78, 5) is 26.0. The average Bonchev–Trinajstić information content (AvgIpc) is 3.13. The number of rotatable bonds is 10. The Morgan fingerprint density at radius 2 is 2.03 bits per heavy atom. The van der Waals surface area contributed by atoms with Gasteiger partial charge in [0, 0.05) is 17.0 Å². The lowest BCUT2D eigenvalue weighted by molar-refractivity contribution is -0.141. The normalized spacial score (nSPS) is 10.2. The molecule has 3 N–H and O–H groups in total. The van der Waals surface area contributed by atoms with Crippen molar-refractivity contribution in [3.63, 3.8) is 0 Å². The lowest BCUT2D eigenvalue weighted by Gasteiger charge is -2.09. The number of aromatic nitrogens is 2. The number of hydrogen-bond donors (Lipinski definition) is 2. The molecule has 0 fully saturated rings. The van der Waals surface area contributed by atoms with Gasteiger partial charge < -0.3 is 24.5 Å². The molecule has 0 saturated carbocycles. The van der Waals surface area contributed by atoms with E-state index in [2.05, 4.69) is 22.0 Å². The number of methoxy groups -OCH3 is 1. The number of ether oxygens (including phenoxy) is 2. The van der Waals surface area contributed by atoms with Crippen molar-refractivity contribution >= 4 is 41.0 Å². The number of amides is 1. The minimum absolute atomic E-state index is 0.0842. The van der Waals surface area contributed by atoms with Crippen molar-refractivity contribution in [3.8, 4) is 0 Å². The van der Waals surface area contributed by atoms with Crippen LogP contribution in [0, 0.1) is 5.82 Å². The molecule has 10 heteroatoms. The number of benzene rings is 2. The smallest absolute Gasteiger partial charge is 0.325 e. The molecule has 0 radical (unpaired) electrons. The highest BCUT2D eigenvalue weighted by molar-refractivity contribution is 8.00. The maximum Gasteiger partial charge on any atom is 0.325 e. The van der Waals surface area contributed by atoms with Gasteiger partial charge in [-0.1, -0.05) is 6.08 Å². The van der Waals surface area contributed by atoms with Crippen molar-refractivity contribution in [1.82, 2.24) is 9.55 Å². The fraction of sp³-hybridized carbons (Fsp3) is 0.227. The molecule has 0 unspecified atom stereocenters. The number of nitrogens with two attached hydrogens (primary N) is 1. The second kappa shape index (κ2) is 13.1. The van der Waals surface area contributed by atoms with Gasteiger partial charge in [0.1, 0.15) is 18.2 Å². The highest BCUT2D eigenvalue weighted by atomic mass is 32.2. The predicted octanol–water partition coefficient (Wildman–Crippen LogP) is 3.31. The first kappa shape index (κ1) is 24.9. The number of anilines is 1. The SMILES string of the molecule is C=CCOCCc1nc2cc(NSc3ccc(F)cc3)ccc2n1CC(=O)OC.NC=O. The largest absolute Gasteiger partial charge is 0.468 e. The Morgan fingerprint density at radius 1 is 1.31 bits per heavy atom. The van der Waals surface area contributed by atoms with Gasteiger partial charge >= 0.3 is 5.97 Å². The van der Waals surface area contributed by atoms with E-state index in [4.69, 9.17) is 14.3 Å². The van der Waals surface area contributed by atoms with Crippen LogP contribution in [0.3, 0.4) is 0 Å². The van der Waals surface area contributed by atoms with Gasteiger partial charge in [-0.25, -0.2) is 9.37 Å². The highest BCUT2D eigenvalue weighted by Gasteiger charge is 2.14. The summed E-state index contributed by atoms with van der Waals surface area (Å²) < 4.78 is 28.4. The van der Waals surface area contributed by atoms with Crippen molar-refractivity contribution in [2.45, 2.75) is 17.9 Å². The van der Waals surface area contributed by atoms with E-state index < -0.39 is 0 Å².